The molecule has 0 aromatic carbocycles. The van der Waals surface area contributed by atoms with Gasteiger partial charge in [0.1, 0.15) is 0 Å². The molecule has 2 aromatic rings. The van der Waals surface area contributed by atoms with Crippen LogP contribution in [0.4, 0.5) is 0 Å². The van der Waals surface area contributed by atoms with Crippen molar-refractivity contribution < 1.29 is 9.32 Å². The number of thioether (sulfide) groups is 1. The van der Waals surface area contributed by atoms with E-state index < -0.39 is 0 Å². The van der Waals surface area contributed by atoms with Gasteiger partial charge >= 0.3 is 0 Å². The molecule has 0 radical (unpaired) electrons. The Kier molecular flexibility index (Phi) is 5.31. The van der Waals surface area contributed by atoms with Crippen LogP contribution in [0.3, 0.4) is 0 Å². The molecule has 1 fully saturated rings. The molecule has 2 aliphatic rings. The molecular formula is C18H23N5O3S. The Hall–Kier alpha value is -2.13. The van der Waals surface area contributed by atoms with Gasteiger partial charge in [0.25, 0.3) is 5.56 Å². The van der Waals surface area contributed by atoms with Crippen molar-refractivity contribution in [1.29, 1.82) is 0 Å². The Bertz CT molecular complexity index is 880. The van der Waals surface area contributed by atoms with Gasteiger partial charge in [-0.05, 0) is 25.3 Å². The van der Waals surface area contributed by atoms with Gasteiger partial charge in [-0.15, -0.1) is 11.8 Å². The van der Waals surface area contributed by atoms with Crippen LogP contribution in [0.2, 0.25) is 0 Å². The molecule has 3 atom stereocenters. The SMILES string of the molecule is Cc1noc(CSCC(=O)NC[C@H]2[C@@H]3CNC[C@@H](C3)c3cccc(=O)n32)n1. The van der Waals surface area contributed by atoms with Crippen LogP contribution in [0.25, 0.3) is 0 Å². The second-order valence-electron chi connectivity index (χ2n) is 7.11. The lowest BCUT2D eigenvalue weighted by Gasteiger charge is -2.43. The van der Waals surface area contributed by atoms with Gasteiger partial charge in [0.05, 0.1) is 17.5 Å². The topological polar surface area (TPSA) is 102 Å². The molecule has 9 heteroatoms. The van der Waals surface area contributed by atoms with Crippen LogP contribution in [-0.2, 0) is 10.5 Å². The second kappa shape index (κ2) is 7.85. The Morgan fingerprint density at radius 2 is 2.33 bits per heavy atom. The summed E-state index contributed by atoms with van der Waals surface area (Å²) in [6, 6.07) is 5.46. The Labute approximate surface area is 161 Å². The number of piperidine rings is 1. The number of hydrogen-bond donors (Lipinski definition) is 2. The molecule has 27 heavy (non-hydrogen) atoms. The number of aromatic nitrogens is 3. The average molecular weight is 389 g/mol. The van der Waals surface area contributed by atoms with Gasteiger partial charge in [-0.25, -0.2) is 0 Å². The highest BCUT2D eigenvalue weighted by Gasteiger charge is 2.37. The first-order valence-corrected chi connectivity index (χ1v) is 10.3. The van der Waals surface area contributed by atoms with E-state index in [0.29, 0.717) is 41.6 Å². The van der Waals surface area contributed by atoms with E-state index in [4.69, 9.17) is 4.52 Å². The molecule has 2 aromatic heterocycles. The number of amides is 1. The maximum Gasteiger partial charge on any atom is 0.251 e. The van der Waals surface area contributed by atoms with Crippen molar-refractivity contribution >= 4 is 17.7 Å². The minimum Gasteiger partial charge on any atom is -0.353 e. The van der Waals surface area contributed by atoms with E-state index in [9.17, 15) is 9.59 Å². The largest absolute Gasteiger partial charge is 0.353 e. The molecule has 0 unspecified atom stereocenters. The fraction of sp³-hybridized carbons (Fsp3) is 0.556. The van der Waals surface area contributed by atoms with Gasteiger partial charge in [0.2, 0.25) is 11.8 Å². The summed E-state index contributed by atoms with van der Waals surface area (Å²) in [5, 5.41) is 10.2. The highest BCUT2D eigenvalue weighted by molar-refractivity contribution is 7.99. The Morgan fingerprint density at radius 3 is 3.15 bits per heavy atom. The molecule has 2 bridgehead atoms. The highest BCUT2D eigenvalue weighted by Crippen LogP contribution is 2.38. The summed E-state index contributed by atoms with van der Waals surface area (Å²) >= 11 is 1.43. The van der Waals surface area contributed by atoms with E-state index in [0.717, 1.165) is 25.2 Å². The quantitative estimate of drug-likeness (QED) is 0.755. The number of nitrogens with one attached hydrogen (secondary N) is 2. The van der Waals surface area contributed by atoms with E-state index in [1.807, 2.05) is 16.7 Å². The van der Waals surface area contributed by atoms with E-state index in [1.165, 1.54) is 11.8 Å². The summed E-state index contributed by atoms with van der Waals surface area (Å²) in [5.41, 5.74) is 1.09. The molecule has 1 amide bonds. The fourth-order valence-corrected chi connectivity index (χ4v) is 4.75. The summed E-state index contributed by atoms with van der Waals surface area (Å²) in [6.07, 6.45) is 1.06. The van der Waals surface area contributed by atoms with Gasteiger partial charge in [-0.3, -0.25) is 9.59 Å². The summed E-state index contributed by atoms with van der Waals surface area (Å²) in [4.78, 5) is 28.9. The van der Waals surface area contributed by atoms with E-state index in [-0.39, 0.29) is 17.5 Å². The minimum absolute atomic E-state index is 0.00899. The number of fused-ring (bicyclic) bond motifs is 4. The second-order valence-corrected chi connectivity index (χ2v) is 8.09. The number of carbonyl (C=O) groups excluding carboxylic acids is 1. The molecular weight excluding hydrogens is 366 g/mol. The van der Waals surface area contributed by atoms with Crippen molar-refractivity contribution in [3.8, 4) is 0 Å². The van der Waals surface area contributed by atoms with Crippen LogP contribution in [-0.4, -0.2) is 46.0 Å². The zero-order chi connectivity index (χ0) is 18.8. The number of hydrogen-bond acceptors (Lipinski definition) is 7. The summed E-state index contributed by atoms with van der Waals surface area (Å²) in [6.45, 7) is 4.02. The summed E-state index contributed by atoms with van der Waals surface area (Å²) in [7, 11) is 0. The third kappa shape index (κ3) is 3.93. The maximum atomic E-state index is 12.5. The third-order valence-electron chi connectivity index (χ3n) is 5.24. The Morgan fingerprint density at radius 1 is 1.44 bits per heavy atom. The van der Waals surface area contributed by atoms with Gasteiger partial charge in [-0.1, -0.05) is 11.2 Å². The van der Waals surface area contributed by atoms with Crippen molar-refractivity contribution in [1.82, 2.24) is 25.3 Å². The van der Waals surface area contributed by atoms with Gasteiger partial charge < -0.3 is 19.7 Å². The van der Waals surface area contributed by atoms with Crippen LogP contribution >= 0.6 is 11.8 Å². The molecule has 2 N–H and O–H groups in total. The molecule has 4 rings (SSSR count). The molecule has 4 heterocycles. The lowest BCUT2D eigenvalue weighted by molar-refractivity contribution is -0.118. The number of carbonyl (C=O) groups is 1. The van der Waals surface area contributed by atoms with E-state index in [1.54, 1.807) is 13.0 Å². The lowest BCUT2D eigenvalue weighted by atomic mass is 9.79. The van der Waals surface area contributed by atoms with Crippen molar-refractivity contribution in [3.05, 3.63) is 46.0 Å². The van der Waals surface area contributed by atoms with Gasteiger partial charge in [0.15, 0.2) is 5.82 Å². The van der Waals surface area contributed by atoms with Crippen LogP contribution in [0.15, 0.2) is 27.5 Å². The Balaban J connectivity index is 1.36. The van der Waals surface area contributed by atoms with Gasteiger partial charge in [-0.2, -0.15) is 4.98 Å². The lowest BCUT2D eigenvalue weighted by Crippen LogP contribution is -2.50. The predicted octanol–water partition coefficient (Wildman–Crippen LogP) is 0.837. The van der Waals surface area contributed by atoms with Crippen LogP contribution in [0.5, 0.6) is 0 Å². The first-order valence-electron chi connectivity index (χ1n) is 9.17. The predicted molar refractivity (Wildman–Crippen MR) is 102 cm³/mol. The number of aryl methyl sites for hydroxylation is 1. The highest BCUT2D eigenvalue weighted by atomic mass is 32.2. The third-order valence-corrected chi connectivity index (χ3v) is 6.15. The molecule has 0 aliphatic carbocycles. The van der Waals surface area contributed by atoms with Crippen LogP contribution < -0.4 is 16.2 Å². The number of pyridine rings is 1. The van der Waals surface area contributed by atoms with Crippen molar-refractivity contribution in [2.24, 2.45) is 5.92 Å². The first-order chi connectivity index (χ1) is 13.1. The maximum absolute atomic E-state index is 12.5. The molecule has 144 valence electrons. The van der Waals surface area contributed by atoms with Crippen LogP contribution in [0, 0.1) is 12.8 Å². The summed E-state index contributed by atoms with van der Waals surface area (Å²) in [5.74, 6) is 2.62. The molecule has 2 aliphatic heterocycles. The fourth-order valence-electron chi connectivity index (χ4n) is 4.07. The summed E-state index contributed by atoms with van der Waals surface area (Å²) < 4.78 is 6.94. The standard InChI is InChI=1S/C18H23N5O3S/c1-11-21-17(26-22-11)10-27-9-16(24)20-8-15-13-5-12(6-19-7-13)14-3-2-4-18(25)23(14)15/h2-4,12-13,15,19H,5-10H2,1H3,(H,20,24)/t12-,13+,15+/m1/s1. The number of nitrogens with zero attached hydrogens (tertiary/aromatic N) is 3. The average Bonchev–Trinajstić information content (AvgIpc) is 3.07. The molecule has 1 saturated heterocycles. The van der Waals surface area contributed by atoms with E-state index >= 15 is 0 Å². The molecule has 0 spiro atoms. The normalized spacial score (nSPS) is 23.7. The van der Waals surface area contributed by atoms with Crippen molar-refractivity contribution in [2.75, 3.05) is 25.4 Å². The van der Waals surface area contributed by atoms with Crippen LogP contribution in [0.1, 0.15) is 35.8 Å². The first kappa shape index (κ1) is 18.2. The molecule has 8 nitrogen and oxygen atoms in total. The van der Waals surface area contributed by atoms with Crippen molar-refractivity contribution in [3.63, 3.8) is 0 Å². The smallest absolute Gasteiger partial charge is 0.251 e. The number of rotatable bonds is 6. The van der Waals surface area contributed by atoms with Gasteiger partial charge in [0, 0.05) is 37.3 Å². The zero-order valence-corrected chi connectivity index (χ0v) is 16.0. The monoisotopic (exact) mass is 389 g/mol. The zero-order valence-electron chi connectivity index (χ0n) is 15.2. The van der Waals surface area contributed by atoms with Crippen molar-refractivity contribution in [2.45, 2.75) is 31.1 Å². The molecule has 0 saturated carbocycles. The van der Waals surface area contributed by atoms with E-state index in [2.05, 4.69) is 20.8 Å². The minimum atomic E-state index is -0.0485.